The number of hydrogen-bond acceptors (Lipinski definition) is 6. The number of ether oxygens (including phenoxy) is 1. The van der Waals surface area contributed by atoms with Crippen molar-refractivity contribution < 1.29 is 4.74 Å². The van der Waals surface area contributed by atoms with Gasteiger partial charge in [-0.15, -0.1) is 16.4 Å². The predicted octanol–water partition coefficient (Wildman–Crippen LogP) is 2.20. The first-order valence-corrected chi connectivity index (χ1v) is 8.70. The molecular weight excluding hydrogens is 298 g/mol. The number of thiophene rings is 1. The molecule has 1 aliphatic rings. The molecule has 3 heterocycles. The van der Waals surface area contributed by atoms with Crippen molar-refractivity contribution in [1.29, 1.82) is 0 Å². The maximum Gasteiger partial charge on any atom is 0.173 e. The van der Waals surface area contributed by atoms with E-state index in [0.29, 0.717) is 13.2 Å². The van der Waals surface area contributed by atoms with Gasteiger partial charge >= 0.3 is 0 Å². The quantitative estimate of drug-likeness (QED) is 0.816. The Hall–Kier alpha value is -1.31. The van der Waals surface area contributed by atoms with Gasteiger partial charge in [0.15, 0.2) is 5.82 Å². The number of rotatable bonds is 6. The van der Waals surface area contributed by atoms with Gasteiger partial charge in [0, 0.05) is 18.5 Å². The standard InChI is InChI=1S/C15H23N5OS/c1-12-5-3-7-19(11-12)14(13-6-4-10-22-13)15-16-17-18-20(15)8-9-21-2/h4,6,10,12,14H,3,5,7-9,11H2,1-2H3/t12-,14-/m1/s1. The molecule has 1 aliphatic heterocycles. The molecule has 0 amide bonds. The summed E-state index contributed by atoms with van der Waals surface area (Å²) in [6.45, 7) is 5.82. The molecular formula is C15H23N5OS. The van der Waals surface area contributed by atoms with Gasteiger partial charge in [-0.2, -0.15) is 0 Å². The summed E-state index contributed by atoms with van der Waals surface area (Å²) in [4.78, 5) is 3.83. The van der Waals surface area contributed by atoms with Gasteiger partial charge in [-0.3, -0.25) is 4.90 Å². The Morgan fingerprint density at radius 2 is 2.41 bits per heavy atom. The molecule has 0 unspecified atom stereocenters. The lowest BCUT2D eigenvalue weighted by atomic mass is 9.98. The first-order valence-electron chi connectivity index (χ1n) is 7.82. The van der Waals surface area contributed by atoms with Crippen LogP contribution in [0, 0.1) is 5.92 Å². The predicted molar refractivity (Wildman–Crippen MR) is 85.8 cm³/mol. The Morgan fingerprint density at radius 1 is 1.50 bits per heavy atom. The molecule has 0 bridgehead atoms. The van der Waals surface area contributed by atoms with Crippen molar-refractivity contribution >= 4 is 11.3 Å². The molecule has 1 saturated heterocycles. The summed E-state index contributed by atoms with van der Waals surface area (Å²) in [6, 6.07) is 4.43. The highest BCUT2D eigenvalue weighted by molar-refractivity contribution is 7.10. The third-order valence-electron chi connectivity index (χ3n) is 4.18. The highest BCUT2D eigenvalue weighted by Crippen LogP contribution is 2.33. The summed E-state index contributed by atoms with van der Waals surface area (Å²) in [7, 11) is 1.70. The van der Waals surface area contributed by atoms with Crippen molar-refractivity contribution in [2.24, 2.45) is 5.92 Å². The summed E-state index contributed by atoms with van der Waals surface area (Å²) < 4.78 is 7.06. The van der Waals surface area contributed by atoms with E-state index in [9.17, 15) is 0 Å². The zero-order chi connectivity index (χ0) is 15.4. The van der Waals surface area contributed by atoms with Crippen LogP contribution in [0.5, 0.6) is 0 Å². The maximum atomic E-state index is 5.18. The van der Waals surface area contributed by atoms with Crippen LogP contribution < -0.4 is 0 Å². The lowest BCUT2D eigenvalue weighted by molar-refractivity contribution is 0.139. The average molecular weight is 321 g/mol. The molecule has 1 fully saturated rings. The molecule has 22 heavy (non-hydrogen) atoms. The van der Waals surface area contributed by atoms with E-state index in [0.717, 1.165) is 24.8 Å². The van der Waals surface area contributed by atoms with Gasteiger partial charge in [0.25, 0.3) is 0 Å². The molecule has 120 valence electrons. The Balaban J connectivity index is 1.90. The molecule has 0 N–H and O–H groups in total. The molecule has 2 aromatic heterocycles. The molecule has 0 aliphatic carbocycles. The van der Waals surface area contributed by atoms with Crippen molar-refractivity contribution in [2.45, 2.75) is 32.4 Å². The fourth-order valence-corrected chi connectivity index (χ4v) is 3.98. The Morgan fingerprint density at radius 3 is 3.14 bits per heavy atom. The Kier molecular flexibility index (Phi) is 5.17. The van der Waals surface area contributed by atoms with Crippen molar-refractivity contribution in [3.05, 3.63) is 28.2 Å². The second kappa shape index (κ2) is 7.30. The molecule has 6 nitrogen and oxygen atoms in total. The average Bonchev–Trinajstić information content (AvgIpc) is 3.18. The highest BCUT2D eigenvalue weighted by atomic mass is 32.1. The molecule has 0 saturated carbocycles. The maximum absolute atomic E-state index is 5.18. The van der Waals surface area contributed by atoms with Crippen molar-refractivity contribution in [2.75, 3.05) is 26.8 Å². The van der Waals surface area contributed by atoms with Crippen LogP contribution in [0.1, 0.15) is 36.5 Å². The molecule has 0 aromatic carbocycles. The summed E-state index contributed by atoms with van der Waals surface area (Å²) in [5, 5.41) is 14.5. The number of hydrogen-bond donors (Lipinski definition) is 0. The number of tetrazole rings is 1. The minimum absolute atomic E-state index is 0.148. The SMILES string of the molecule is COCCn1nnnc1[C@@H](c1cccs1)N1CCC[C@@H](C)C1. The van der Waals surface area contributed by atoms with Crippen molar-refractivity contribution in [1.82, 2.24) is 25.1 Å². The fraction of sp³-hybridized carbons (Fsp3) is 0.667. The molecule has 2 aromatic rings. The van der Waals surface area contributed by atoms with E-state index in [2.05, 4.69) is 44.9 Å². The minimum atomic E-state index is 0.148. The minimum Gasteiger partial charge on any atom is -0.383 e. The van der Waals surface area contributed by atoms with Gasteiger partial charge in [0.2, 0.25) is 0 Å². The van der Waals surface area contributed by atoms with Gasteiger partial charge < -0.3 is 4.74 Å². The lowest BCUT2D eigenvalue weighted by Crippen LogP contribution is -2.39. The van der Waals surface area contributed by atoms with Crippen LogP contribution in [0.25, 0.3) is 0 Å². The zero-order valence-electron chi connectivity index (χ0n) is 13.2. The van der Waals surface area contributed by atoms with Crippen LogP contribution in [-0.4, -0.2) is 51.9 Å². The summed E-state index contributed by atoms with van der Waals surface area (Å²) in [5.74, 6) is 1.65. The highest BCUT2D eigenvalue weighted by Gasteiger charge is 2.31. The molecule has 7 heteroatoms. The molecule has 3 rings (SSSR count). The van der Waals surface area contributed by atoms with E-state index in [4.69, 9.17) is 4.74 Å². The molecule has 0 radical (unpaired) electrons. The van der Waals surface area contributed by atoms with Gasteiger partial charge in [-0.05, 0) is 47.2 Å². The van der Waals surface area contributed by atoms with E-state index in [1.54, 1.807) is 18.4 Å². The van der Waals surface area contributed by atoms with Crippen LogP contribution in [0.4, 0.5) is 0 Å². The monoisotopic (exact) mass is 321 g/mol. The van der Waals surface area contributed by atoms with E-state index in [-0.39, 0.29) is 6.04 Å². The van der Waals surface area contributed by atoms with Gasteiger partial charge in [-0.25, -0.2) is 4.68 Å². The number of aromatic nitrogens is 4. The van der Waals surface area contributed by atoms with Crippen molar-refractivity contribution in [3.8, 4) is 0 Å². The molecule has 2 atom stereocenters. The summed E-state index contributed by atoms with van der Waals surface area (Å²) >= 11 is 1.77. The van der Waals surface area contributed by atoms with E-state index in [1.165, 1.54) is 17.7 Å². The first-order chi connectivity index (χ1) is 10.8. The summed E-state index contributed by atoms with van der Waals surface area (Å²) in [5.41, 5.74) is 0. The second-order valence-electron chi connectivity index (χ2n) is 5.91. The van der Waals surface area contributed by atoms with Crippen LogP contribution in [-0.2, 0) is 11.3 Å². The van der Waals surface area contributed by atoms with Crippen LogP contribution in [0.15, 0.2) is 17.5 Å². The van der Waals surface area contributed by atoms with E-state index >= 15 is 0 Å². The Bertz CT molecular complexity index is 570. The number of piperidine rings is 1. The van der Waals surface area contributed by atoms with Gasteiger partial charge in [-0.1, -0.05) is 13.0 Å². The van der Waals surface area contributed by atoms with Crippen LogP contribution in [0.3, 0.4) is 0 Å². The third kappa shape index (κ3) is 3.37. The number of likely N-dealkylation sites (tertiary alicyclic amines) is 1. The van der Waals surface area contributed by atoms with Gasteiger partial charge in [0.1, 0.15) is 6.04 Å². The van der Waals surface area contributed by atoms with Crippen LogP contribution >= 0.6 is 11.3 Å². The third-order valence-corrected chi connectivity index (χ3v) is 5.10. The Labute approximate surface area is 135 Å². The lowest BCUT2D eigenvalue weighted by Gasteiger charge is -2.36. The summed E-state index contributed by atoms with van der Waals surface area (Å²) in [6.07, 6.45) is 2.55. The fourth-order valence-electron chi connectivity index (χ4n) is 3.12. The van der Waals surface area contributed by atoms with E-state index in [1.807, 2.05) is 4.68 Å². The first kappa shape index (κ1) is 15.6. The molecule has 0 spiro atoms. The number of methoxy groups -OCH3 is 1. The van der Waals surface area contributed by atoms with Gasteiger partial charge in [0.05, 0.1) is 13.2 Å². The largest absolute Gasteiger partial charge is 0.383 e. The normalized spacial score (nSPS) is 21.1. The van der Waals surface area contributed by atoms with Crippen molar-refractivity contribution in [3.63, 3.8) is 0 Å². The second-order valence-corrected chi connectivity index (χ2v) is 6.89. The van der Waals surface area contributed by atoms with E-state index < -0.39 is 0 Å². The topological polar surface area (TPSA) is 56.1 Å². The smallest absolute Gasteiger partial charge is 0.173 e. The zero-order valence-corrected chi connectivity index (χ0v) is 14.0. The van der Waals surface area contributed by atoms with Crippen LogP contribution in [0.2, 0.25) is 0 Å². The number of nitrogens with zero attached hydrogens (tertiary/aromatic N) is 5.